The molecule has 0 amide bonds. The number of hydrogen-bond donors (Lipinski definition) is 1. The summed E-state index contributed by atoms with van der Waals surface area (Å²) in [6, 6.07) is 27.0. The van der Waals surface area contributed by atoms with Gasteiger partial charge in [-0.2, -0.15) is 0 Å². The molecule has 0 bridgehead atoms. The maximum absolute atomic E-state index is 10.9. The maximum Gasteiger partial charge on any atom is 0.128 e. The number of aromatic nitrogens is 2. The minimum absolute atomic E-state index is 0. The Morgan fingerprint density at radius 1 is 0.839 bits per heavy atom. The Hall–Kier alpha value is -2.42. The van der Waals surface area contributed by atoms with Crippen molar-refractivity contribution in [2.45, 2.75) is 36.1 Å². The van der Waals surface area contributed by atoms with Crippen LogP contribution in [0.4, 0.5) is 0 Å². The predicted octanol–water partition coefficient (Wildman–Crippen LogP) is 6.76. The molecule has 0 aliphatic heterocycles. The van der Waals surface area contributed by atoms with E-state index in [0.29, 0.717) is 0 Å². The number of aromatic hydroxyl groups is 1. The first-order valence-corrected chi connectivity index (χ1v) is 10.6. The predicted molar refractivity (Wildman–Crippen MR) is 123 cm³/mol. The fraction of sp³-hybridized carbons (Fsp3) is 0.154. The van der Waals surface area contributed by atoms with E-state index in [1.807, 2.05) is 72.8 Å². The van der Waals surface area contributed by atoms with Gasteiger partial charge in [0.2, 0.25) is 0 Å². The Morgan fingerprint density at radius 2 is 1.58 bits per heavy atom. The molecule has 0 saturated carbocycles. The van der Waals surface area contributed by atoms with Gasteiger partial charge in [0.25, 0.3) is 0 Å². The fourth-order valence-electron chi connectivity index (χ4n) is 3.27. The molecule has 0 spiro atoms. The zero-order valence-corrected chi connectivity index (χ0v) is 20.7. The van der Waals surface area contributed by atoms with E-state index in [2.05, 4.69) is 31.8 Å². The third kappa shape index (κ3) is 5.44. The van der Waals surface area contributed by atoms with Crippen molar-refractivity contribution in [1.29, 1.82) is 0 Å². The van der Waals surface area contributed by atoms with E-state index in [-0.39, 0.29) is 32.2 Å². The normalized spacial score (nSPS) is 11.1. The van der Waals surface area contributed by atoms with Gasteiger partial charge < -0.3 is 5.11 Å². The average Bonchev–Trinajstić information content (AvgIpc) is 2.74. The standard InChI is InChI=1S/C26H23N2OS.Pt/c1-26(2,3)21-12-7-11-20(25(21)29)23-14-8-13-22(28-23)18-9-6-10-19(17-18)30-24-15-4-5-16-27-24;/h4-16,29H,1-3H3;/q-1;. The molecule has 0 atom stereocenters. The molecule has 3 nitrogen and oxygen atoms in total. The van der Waals surface area contributed by atoms with Gasteiger partial charge in [-0.3, -0.25) is 4.98 Å². The van der Waals surface area contributed by atoms with Gasteiger partial charge in [0, 0.05) is 32.8 Å². The average molecular weight is 607 g/mol. The smallest absolute Gasteiger partial charge is 0.128 e. The Bertz CT molecular complexity index is 1170. The molecule has 0 fully saturated rings. The van der Waals surface area contributed by atoms with Crippen LogP contribution in [-0.4, -0.2) is 15.1 Å². The van der Waals surface area contributed by atoms with Crippen LogP contribution in [0.2, 0.25) is 0 Å². The minimum atomic E-state index is -0.150. The summed E-state index contributed by atoms with van der Waals surface area (Å²) in [6.45, 7) is 6.28. The van der Waals surface area contributed by atoms with Crippen LogP contribution in [-0.2, 0) is 26.5 Å². The Labute approximate surface area is 202 Å². The molecular weight excluding hydrogens is 583 g/mol. The molecule has 2 aromatic heterocycles. The number of para-hydroxylation sites is 1. The molecule has 5 heteroatoms. The molecular formula is C26H23N2OPtS-. The van der Waals surface area contributed by atoms with Gasteiger partial charge in [-0.1, -0.05) is 67.8 Å². The number of phenols is 1. The maximum atomic E-state index is 10.9. The summed E-state index contributed by atoms with van der Waals surface area (Å²) >= 11 is 1.57. The monoisotopic (exact) mass is 606 g/mol. The summed E-state index contributed by atoms with van der Waals surface area (Å²) in [5.74, 6) is 0.290. The van der Waals surface area contributed by atoms with Crippen LogP contribution in [0.15, 0.2) is 88.9 Å². The zero-order chi connectivity index (χ0) is 21.1. The second kappa shape index (κ2) is 9.80. The number of hydrogen-bond acceptors (Lipinski definition) is 4. The van der Waals surface area contributed by atoms with Crippen LogP contribution in [0.25, 0.3) is 22.5 Å². The quantitative estimate of drug-likeness (QED) is 0.261. The van der Waals surface area contributed by atoms with Crippen LogP contribution < -0.4 is 0 Å². The van der Waals surface area contributed by atoms with E-state index in [4.69, 9.17) is 4.98 Å². The molecule has 0 saturated heterocycles. The second-order valence-corrected chi connectivity index (χ2v) is 9.12. The first-order valence-electron chi connectivity index (χ1n) is 9.83. The van der Waals surface area contributed by atoms with Crippen LogP contribution in [0.3, 0.4) is 0 Å². The molecule has 4 rings (SSSR count). The SMILES string of the molecule is CC(C)(C)c1cccc(-c2cccc(-c3[c-]c(Sc4ccccn4)ccc3)n2)c1O.[Pt]. The first kappa shape index (κ1) is 23.2. The van der Waals surface area contributed by atoms with Gasteiger partial charge >= 0.3 is 0 Å². The molecule has 0 radical (unpaired) electrons. The first-order chi connectivity index (χ1) is 14.4. The third-order valence-corrected chi connectivity index (χ3v) is 5.67. The van der Waals surface area contributed by atoms with Crippen LogP contribution in [0.5, 0.6) is 5.75 Å². The Kier molecular flexibility index (Phi) is 7.35. The summed E-state index contributed by atoms with van der Waals surface area (Å²) in [5.41, 5.74) is 3.96. The van der Waals surface area contributed by atoms with Gasteiger partial charge in [-0.15, -0.1) is 29.8 Å². The molecule has 2 aromatic carbocycles. The molecule has 0 aliphatic carbocycles. The molecule has 1 N–H and O–H groups in total. The van der Waals surface area contributed by atoms with Crippen molar-refractivity contribution in [3.63, 3.8) is 0 Å². The number of benzene rings is 2. The minimum Gasteiger partial charge on any atom is -0.507 e. The summed E-state index contributed by atoms with van der Waals surface area (Å²) in [7, 11) is 0. The number of pyridine rings is 2. The van der Waals surface area contributed by atoms with Crippen molar-refractivity contribution in [2.24, 2.45) is 0 Å². The molecule has 4 aromatic rings. The van der Waals surface area contributed by atoms with Crippen LogP contribution in [0.1, 0.15) is 26.3 Å². The van der Waals surface area contributed by atoms with E-state index in [1.54, 1.807) is 18.0 Å². The van der Waals surface area contributed by atoms with Crippen molar-refractivity contribution in [1.82, 2.24) is 9.97 Å². The molecule has 0 unspecified atom stereocenters. The van der Waals surface area contributed by atoms with Crippen molar-refractivity contribution in [3.8, 4) is 28.3 Å². The van der Waals surface area contributed by atoms with E-state index in [1.165, 1.54) is 0 Å². The molecule has 2 heterocycles. The summed E-state index contributed by atoms with van der Waals surface area (Å²) in [6.07, 6.45) is 1.79. The van der Waals surface area contributed by atoms with Crippen molar-refractivity contribution < 1.29 is 26.2 Å². The molecule has 160 valence electrons. The third-order valence-electron chi connectivity index (χ3n) is 4.77. The summed E-state index contributed by atoms with van der Waals surface area (Å²) < 4.78 is 0. The van der Waals surface area contributed by atoms with Crippen molar-refractivity contribution in [3.05, 3.63) is 90.6 Å². The summed E-state index contributed by atoms with van der Waals surface area (Å²) in [5, 5.41) is 11.8. The van der Waals surface area contributed by atoms with Gasteiger partial charge in [-0.25, -0.2) is 4.98 Å². The topological polar surface area (TPSA) is 46.0 Å². The zero-order valence-electron chi connectivity index (χ0n) is 17.6. The van der Waals surface area contributed by atoms with E-state index >= 15 is 0 Å². The second-order valence-electron chi connectivity index (χ2n) is 8.06. The Balaban J connectivity index is 0.00000272. The number of rotatable bonds is 4. The van der Waals surface area contributed by atoms with E-state index in [0.717, 1.165) is 38.0 Å². The van der Waals surface area contributed by atoms with E-state index < -0.39 is 0 Å². The van der Waals surface area contributed by atoms with Gasteiger partial charge in [0.1, 0.15) is 5.75 Å². The molecule has 31 heavy (non-hydrogen) atoms. The largest absolute Gasteiger partial charge is 0.507 e. The van der Waals surface area contributed by atoms with Gasteiger partial charge in [-0.05, 0) is 40.9 Å². The number of phenolic OH excluding ortho intramolecular Hbond substituents is 1. The van der Waals surface area contributed by atoms with Crippen LogP contribution >= 0.6 is 11.8 Å². The van der Waals surface area contributed by atoms with Crippen molar-refractivity contribution >= 4 is 11.8 Å². The molecule has 0 aliphatic rings. The van der Waals surface area contributed by atoms with Gasteiger partial charge in [0.05, 0.1) is 10.7 Å². The summed E-state index contributed by atoms with van der Waals surface area (Å²) in [4.78, 5) is 10.2. The fourth-order valence-corrected chi connectivity index (χ4v) is 4.06. The van der Waals surface area contributed by atoms with Crippen molar-refractivity contribution in [2.75, 3.05) is 0 Å². The van der Waals surface area contributed by atoms with Crippen LogP contribution in [0, 0.1) is 6.07 Å². The van der Waals surface area contributed by atoms with E-state index in [9.17, 15) is 5.11 Å². The Morgan fingerprint density at radius 3 is 2.32 bits per heavy atom. The van der Waals surface area contributed by atoms with Gasteiger partial charge in [0.15, 0.2) is 0 Å². The number of nitrogens with zero attached hydrogens (tertiary/aromatic N) is 2.